The van der Waals surface area contributed by atoms with Crippen LogP contribution >= 0.6 is 11.8 Å². The Kier molecular flexibility index (Phi) is 5.64. The summed E-state index contributed by atoms with van der Waals surface area (Å²) in [4.78, 5) is 26.0. The Bertz CT molecular complexity index is 521. The van der Waals surface area contributed by atoms with Crippen LogP contribution in [-0.2, 0) is 14.3 Å². The lowest BCUT2D eigenvalue weighted by atomic mass is 10.2. The van der Waals surface area contributed by atoms with Gasteiger partial charge < -0.3 is 15.0 Å². The zero-order chi connectivity index (χ0) is 15.2. The van der Waals surface area contributed by atoms with Crippen LogP contribution in [0.1, 0.15) is 12.5 Å². The molecule has 1 aliphatic rings. The first kappa shape index (κ1) is 15.9. The molecule has 21 heavy (non-hydrogen) atoms. The number of aryl methyl sites for hydroxylation is 1. The number of anilines is 1. The van der Waals surface area contributed by atoms with Crippen molar-refractivity contribution < 1.29 is 14.3 Å². The van der Waals surface area contributed by atoms with Crippen LogP contribution in [-0.4, -0.2) is 47.6 Å². The molecular weight excluding hydrogens is 288 g/mol. The lowest BCUT2D eigenvalue weighted by Gasteiger charge is -2.23. The summed E-state index contributed by atoms with van der Waals surface area (Å²) in [6.45, 7) is 4.34. The Morgan fingerprint density at radius 3 is 3.00 bits per heavy atom. The van der Waals surface area contributed by atoms with E-state index in [2.05, 4.69) is 5.32 Å². The molecule has 1 unspecified atom stereocenters. The molecule has 1 N–H and O–H groups in total. The van der Waals surface area contributed by atoms with E-state index in [-0.39, 0.29) is 18.4 Å². The van der Waals surface area contributed by atoms with Crippen molar-refractivity contribution in [1.82, 2.24) is 4.90 Å². The van der Waals surface area contributed by atoms with Gasteiger partial charge in [-0.15, -0.1) is 11.8 Å². The number of ether oxygens (including phenoxy) is 1. The lowest BCUT2D eigenvalue weighted by molar-refractivity contribution is -0.140. The van der Waals surface area contributed by atoms with E-state index < -0.39 is 6.04 Å². The molecule has 6 heteroatoms. The Hall–Kier alpha value is -1.53. The molecule has 0 radical (unpaired) electrons. The summed E-state index contributed by atoms with van der Waals surface area (Å²) in [7, 11) is 0. The normalized spacial score (nSPS) is 17.8. The fourth-order valence-electron chi connectivity index (χ4n) is 2.13. The van der Waals surface area contributed by atoms with Crippen molar-refractivity contribution in [2.24, 2.45) is 0 Å². The van der Waals surface area contributed by atoms with Crippen molar-refractivity contribution in [3.8, 4) is 0 Å². The van der Waals surface area contributed by atoms with E-state index in [1.54, 1.807) is 16.7 Å². The summed E-state index contributed by atoms with van der Waals surface area (Å²) in [6.07, 6.45) is 0. The van der Waals surface area contributed by atoms with Crippen LogP contribution in [0.2, 0.25) is 0 Å². The number of carbonyl (C=O) groups excluding carboxylic acids is 2. The molecule has 5 nitrogen and oxygen atoms in total. The molecule has 2 amide bonds. The molecule has 114 valence electrons. The highest BCUT2D eigenvalue weighted by Crippen LogP contribution is 2.22. The van der Waals surface area contributed by atoms with Crippen LogP contribution in [0.25, 0.3) is 0 Å². The zero-order valence-electron chi connectivity index (χ0n) is 12.3. The molecule has 2 rings (SSSR count). The molecule has 1 aromatic carbocycles. The van der Waals surface area contributed by atoms with E-state index in [1.807, 2.05) is 38.1 Å². The minimum absolute atomic E-state index is 0.0330. The van der Waals surface area contributed by atoms with E-state index in [4.69, 9.17) is 4.74 Å². The summed E-state index contributed by atoms with van der Waals surface area (Å²) in [5.41, 5.74) is 1.84. The van der Waals surface area contributed by atoms with Crippen LogP contribution in [0.3, 0.4) is 0 Å². The second kappa shape index (κ2) is 7.47. The topological polar surface area (TPSA) is 58.6 Å². The number of amides is 2. The van der Waals surface area contributed by atoms with Crippen LogP contribution in [0.15, 0.2) is 24.3 Å². The van der Waals surface area contributed by atoms with Crippen LogP contribution in [0, 0.1) is 6.92 Å². The quantitative estimate of drug-likeness (QED) is 0.902. The first-order chi connectivity index (χ1) is 10.1. The molecule has 0 aliphatic carbocycles. The van der Waals surface area contributed by atoms with Crippen molar-refractivity contribution in [3.05, 3.63) is 29.8 Å². The molecule has 0 saturated carbocycles. The predicted molar refractivity (Wildman–Crippen MR) is 84.3 cm³/mol. The Morgan fingerprint density at radius 1 is 1.48 bits per heavy atom. The summed E-state index contributed by atoms with van der Waals surface area (Å²) in [6, 6.07) is 7.19. The van der Waals surface area contributed by atoms with Crippen molar-refractivity contribution >= 4 is 29.3 Å². The molecule has 1 saturated heterocycles. The highest BCUT2D eigenvalue weighted by molar-refractivity contribution is 7.99. The first-order valence-electron chi connectivity index (χ1n) is 6.94. The second-order valence-corrected chi connectivity index (χ2v) is 5.87. The van der Waals surface area contributed by atoms with Gasteiger partial charge in [0.05, 0.1) is 5.88 Å². The average Bonchev–Trinajstić information content (AvgIpc) is 2.94. The number of hydrogen-bond donors (Lipinski definition) is 1. The maximum Gasteiger partial charge on any atom is 0.249 e. The van der Waals surface area contributed by atoms with E-state index >= 15 is 0 Å². The summed E-state index contributed by atoms with van der Waals surface area (Å²) < 4.78 is 5.14. The fourth-order valence-corrected chi connectivity index (χ4v) is 3.31. The Labute approximate surface area is 129 Å². The van der Waals surface area contributed by atoms with Crippen molar-refractivity contribution in [2.45, 2.75) is 19.9 Å². The largest absolute Gasteiger partial charge is 0.372 e. The van der Waals surface area contributed by atoms with E-state index in [0.29, 0.717) is 18.2 Å². The van der Waals surface area contributed by atoms with Gasteiger partial charge in [-0.2, -0.15) is 0 Å². The number of hydrogen-bond acceptors (Lipinski definition) is 4. The number of carbonyl (C=O) groups is 2. The van der Waals surface area contributed by atoms with Crippen molar-refractivity contribution in [2.75, 3.05) is 30.2 Å². The molecule has 1 heterocycles. The minimum Gasteiger partial charge on any atom is -0.372 e. The van der Waals surface area contributed by atoms with Gasteiger partial charge in [0.2, 0.25) is 11.8 Å². The van der Waals surface area contributed by atoms with Crippen LogP contribution < -0.4 is 5.32 Å². The molecule has 0 spiro atoms. The van der Waals surface area contributed by atoms with Crippen LogP contribution in [0.5, 0.6) is 0 Å². The highest BCUT2D eigenvalue weighted by atomic mass is 32.2. The summed E-state index contributed by atoms with van der Waals surface area (Å²) in [5, 5.41) is 2.88. The molecular formula is C15H20N2O3S. The maximum atomic E-state index is 12.4. The van der Waals surface area contributed by atoms with E-state index in [1.165, 1.54) is 0 Å². The number of nitrogens with one attached hydrogen (secondary N) is 1. The lowest BCUT2D eigenvalue weighted by Crippen LogP contribution is -2.45. The van der Waals surface area contributed by atoms with E-state index in [0.717, 1.165) is 11.3 Å². The highest BCUT2D eigenvalue weighted by Gasteiger charge is 2.34. The maximum absolute atomic E-state index is 12.4. The smallest absolute Gasteiger partial charge is 0.249 e. The van der Waals surface area contributed by atoms with Gasteiger partial charge in [-0.1, -0.05) is 12.1 Å². The number of benzene rings is 1. The van der Waals surface area contributed by atoms with Gasteiger partial charge in [0.25, 0.3) is 0 Å². The first-order valence-corrected chi connectivity index (χ1v) is 8.09. The van der Waals surface area contributed by atoms with Crippen molar-refractivity contribution in [3.63, 3.8) is 0 Å². The minimum atomic E-state index is -0.427. The van der Waals surface area contributed by atoms with Gasteiger partial charge in [-0.05, 0) is 31.5 Å². The van der Waals surface area contributed by atoms with Gasteiger partial charge in [-0.3, -0.25) is 9.59 Å². The second-order valence-electron chi connectivity index (χ2n) is 4.88. The average molecular weight is 308 g/mol. The van der Waals surface area contributed by atoms with Gasteiger partial charge in [0, 0.05) is 18.0 Å². The third-order valence-corrected chi connectivity index (χ3v) is 4.23. The fraction of sp³-hybridized carbons (Fsp3) is 0.467. The number of nitrogens with zero attached hydrogens (tertiary/aromatic N) is 1. The van der Waals surface area contributed by atoms with Gasteiger partial charge >= 0.3 is 0 Å². The van der Waals surface area contributed by atoms with Gasteiger partial charge in [-0.25, -0.2) is 0 Å². The summed E-state index contributed by atoms with van der Waals surface area (Å²) in [5.74, 6) is 0.884. The van der Waals surface area contributed by atoms with Gasteiger partial charge in [0.1, 0.15) is 12.6 Å². The standard InChI is InChI=1S/C15H20N2O3S/c1-3-20-8-14(18)17-10-21-9-13(17)15(19)16-12-6-4-5-11(2)7-12/h4-7,13H,3,8-10H2,1-2H3,(H,16,19). The summed E-state index contributed by atoms with van der Waals surface area (Å²) >= 11 is 1.58. The third kappa shape index (κ3) is 4.22. The molecule has 1 fully saturated rings. The van der Waals surface area contributed by atoms with E-state index in [9.17, 15) is 9.59 Å². The predicted octanol–water partition coefficient (Wildman–Crippen LogP) is 1.87. The van der Waals surface area contributed by atoms with Gasteiger partial charge in [0.15, 0.2) is 0 Å². The number of rotatable bonds is 5. The molecule has 1 atom stereocenters. The monoisotopic (exact) mass is 308 g/mol. The van der Waals surface area contributed by atoms with Crippen molar-refractivity contribution in [1.29, 1.82) is 0 Å². The molecule has 1 aliphatic heterocycles. The molecule has 0 aromatic heterocycles. The Balaban J connectivity index is 1.99. The Morgan fingerprint density at radius 2 is 2.29 bits per heavy atom. The SMILES string of the molecule is CCOCC(=O)N1CSCC1C(=O)Nc1cccc(C)c1. The zero-order valence-corrected chi connectivity index (χ0v) is 13.1. The van der Waals surface area contributed by atoms with Crippen LogP contribution in [0.4, 0.5) is 5.69 Å². The molecule has 0 bridgehead atoms. The molecule has 1 aromatic rings. The number of thioether (sulfide) groups is 1. The third-order valence-electron chi connectivity index (χ3n) is 3.22.